The van der Waals surface area contributed by atoms with E-state index in [1.54, 1.807) is 48.5 Å². The summed E-state index contributed by atoms with van der Waals surface area (Å²) in [5.41, 5.74) is 2.49. The van der Waals surface area contributed by atoms with E-state index in [9.17, 15) is 23.3 Å². The molecule has 0 radical (unpaired) electrons. The molecular formula is C31H27N3O5S. The van der Waals surface area contributed by atoms with Gasteiger partial charge in [-0.3, -0.25) is 14.9 Å². The molecule has 4 aromatic carbocycles. The van der Waals surface area contributed by atoms with Gasteiger partial charge in [0.05, 0.1) is 35.7 Å². The number of nitrogens with zero attached hydrogens (tertiary/aromatic N) is 1. The summed E-state index contributed by atoms with van der Waals surface area (Å²) >= 11 is 0. The highest BCUT2D eigenvalue weighted by Gasteiger charge is 2.38. The van der Waals surface area contributed by atoms with Crippen molar-refractivity contribution in [2.75, 3.05) is 7.11 Å². The van der Waals surface area contributed by atoms with Crippen LogP contribution in [0.2, 0.25) is 0 Å². The summed E-state index contributed by atoms with van der Waals surface area (Å²) in [4.78, 5) is 26.7. The molecule has 0 spiro atoms. The fraction of sp³-hybridized carbons (Fsp3) is 0.194. The van der Waals surface area contributed by atoms with Crippen LogP contribution in [0.5, 0.6) is 0 Å². The van der Waals surface area contributed by atoms with Crippen LogP contribution in [0.4, 0.5) is 0 Å². The van der Waals surface area contributed by atoms with Crippen molar-refractivity contribution in [3.05, 3.63) is 113 Å². The van der Waals surface area contributed by atoms with E-state index in [1.807, 2.05) is 36.4 Å². The van der Waals surface area contributed by atoms with E-state index in [-0.39, 0.29) is 11.3 Å². The summed E-state index contributed by atoms with van der Waals surface area (Å²) in [6.07, 6.45) is 0.342. The number of fused-ring (bicyclic) bond motifs is 2. The van der Waals surface area contributed by atoms with Gasteiger partial charge in [-0.15, -0.1) is 0 Å². The number of ether oxygens (including phenoxy) is 1. The molecule has 0 fully saturated rings. The number of hydrogen-bond donors (Lipinski definition) is 2. The molecule has 8 nitrogen and oxygen atoms in total. The maximum absolute atomic E-state index is 14.2. The molecule has 0 saturated heterocycles. The first-order valence-corrected chi connectivity index (χ1v) is 14.2. The molecule has 1 aliphatic rings. The minimum absolute atomic E-state index is 0.00437. The number of sulfonamides is 1. The van der Waals surface area contributed by atoms with Gasteiger partial charge < -0.3 is 4.74 Å². The Morgan fingerprint density at radius 1 is 1.00 bits per heavy atom. The molecule has 4 aromatic rings. The zero-order valence-electron chi connectivity index (χ0n) is 21.7. The Morgan fingerprint density at radius 2 is 1.75 bits per heavy atom. The molecule has 0 bridgehead atoms. The average molecular weight is 554 g/mol. The van der Waals surface area contributed by atoms with Crippen LogP contribution in [0, 0.1) is 11.3 Å². The number of esters is 1. The molecule has 2 unspecified atom stereocenters. The monoisotopic (exact) mass is 553 g/mol. The van der Waals surface area contributed by atoms with Crippen LogP contribution < -0.4 is 10.0 Å². The van der Waals surface area contributed by atoms with Crippen LogP contribution >= 0.6 is 0 Å². The smallest absolute Gasteiger partial charge is 0.323 e. The Hall–Kier alpha value is -4.36. The third kappa shape index (κ3) is 5.65. The molecule has 0 amide bonds. The lowest BCUT2D eigenvalue weighted by Gasteiger charge is -2.33. The summed E-state index contributed by atoms with van der Waals surface area (Å²) in [7, 11) is -2.86. The van der Waals surface area contributed by atoms with Gasteiger partial charge in [-0.25, -0.2) is 13.1 Å². The summed E-state index contributed by atoms with van der Waals surface area (Å²) in [5.74, 6) is -0.963. The van der Waals surface area contributed by atoms with E-state index < -0.39 is 39.9 Å². The third-order valence-corrected chi connectivity index (χ3v) is 8.57. The van der Waals surface area contributed by atoms with Crippen molar-refractivity contribution in [3.63, 3.8) is 0 Å². The second-order valence-electron chi connectivity index (χ2n) is 9.68. The van der Waals surface area contributed by atoms with Crippen LogP contribution in [0.25, 0.3) is 10.8 Å². The second kappa shape index (κ2) is 11.4. The molecule has 5 rings (SSSR count). The number of ketones is 1. The van der Waals surface area contributed by atoms with Crippen LogP contribution in [0.1, 0.15) is 28.3 Å². The van der Waals surface area contributed by atoms with Crippen molar-refractivity contribution >= 4 is 32.5 Å². The maximum atomic E-state index is 14.2. The highest BCUT2D eigenvalue weighted by molar-refractivity contribution is 7.89. The second-order valence-corrected chi connectivity index (χ2v) is 11.4. The minimum atomic E-state index is -4.14. The summed E-state index contributed by atoms with van der Waals surface area (Å²) in [6.45, 7) is 0. The standard InChI is InChI=1S/C31H27N3O5S/c1-39-31(36)28-18-24-11-4-5-12-26(24)29(33-28)30(35)27(16-20-7-6-8-21(15-20)19-32)34-40(37,38)25-14-13-22-9-2-3-10-23(22)17-25/h2-15,17,27-29,33-34H,16,18H2,1H3/t27-,28?,29?/m0/s1. The zero-order valence-corrected chi connectivity index (χ0v) is 22.5. The topological polar surface area (TPSA) is 125 Å². The van der Waals surface area contributed by atoms with Crippen molar-refractivity contribution < 1.29 is 22.7 Å². The number of nitrogens with one attached hydrogen (secondary N) is 2. The molecule has 1 heterocycles. The largest absolute Gasteiger partial charge is 0.468 e. The first-order chi connectivity index (χ1) is 19.3. The molecule has 3 atom stereocenters. The molecule has 40 heavy (non-hydrogen) atoms. The fourth-order valence-corrected chi connectivity index (χ4v) is 6.33. The molecule has 202 valence electrons. The van der Waals surface area contributed by atoms with Gasteiger partial charge in [-0.05, 0) is 64.6 Å². The van der Waals surface area contributed by atoms with Gasteiger partial charge in [0.1, 0.15) is 6.04 Å². The van der Waals surface area contributed by atoms with E-state index in [0.717, 1.165) is 16.3 Å². The predicted octanol–water partition coefficient (Wildman–Crippen LogP) is 3.60. The van der Waals surface area contributed by atoms with E-state index in [4.69, 9.17) is 4.74 Å². The summed E-state index contributed by atoms with van der Waals surface area (Å²) in [6, 6.07) is 25.3. The first-order valence-electron chi connectivity index (χ1n) is 12.7. The van der Waals surface area contributed by atoms with Crippen molar-refractivity contribution in [1.82, 2.24) is 10.0 Å². The Kier molecular flexibility index (Phi) is 7.76. The van der Waals surface area contributed by atoms with Gasteiger partial charge in [0.2, 0.25) is 10.0 Å². The molecule has 1 aliphatic heterocycles. The Balaban J connectivity index is 1.53. The van der Waals surface area contributed by atoms with Crippen molar-refractivity contribution in [2.45, 2.75) is 35.9 Å². The average Bonchev–Trinajstić information content (AvgIpc) is 2.99. The quantitative estimate of drug-likeness (QED) is 0.320. The third-order valence-electron chi connectivity index (χ3n) is 7.10. The summed E-state index contributed by atoms with van der Waals surface area (Å²) in [5, 5.41) is 14.1. The maximum Gasteiger partial charge on any atom is 0.323 e. The number of Topliss-reactive ketones (excluding diaryl/α,β-unsaturated/α-hetero) is 1. The Labute approximate surface area is 232 Å². The number of methoxy groups -OCH3 is 1. The number of benzene rings is 4. The van der Waals surface area contributed by atoms with E-state index in [2.05, 4.69) is 16.1 Å². The SMILES string of the molecule is COC(=O)C1Cc2ccccc2C(C(=O)[C@H](Cc2cccc(C#N)c2)NS(=O)(=O)c2ccc3ccccc3c2)N1. The minimum Gasteiger partial charge on any atom is -0.468 e. The lowest BCUT2D eigenvalue weighted by Crippen LogP contribution is -2.53. The predicted molar refractivity (Wildman–Crippen MR) is 150 cm³/mol. The first kappa shape index (κ1) is 27.2. The molecule has 0 aliphatic carbocycles. The van der Waals surface area contributed by atoms with E-state index in [1.165, 1.54) is 13.2 Å². The lowest BCUT2D eigenvalue weighted by atomic mass is 9.85. The van der Waals surface area contributed by atoms with E-state index in [0.29, 0.717) is 23.1 Å². The number of rotatable bonds is 8. The number of nitriles is 1. The van der Waals surface area contributed by atoms with Gasteiger partial charge in [0.25, 0.3) is 0 Å². The van der Waals surface area contributed by atoms with Crippen LogP contribution in [0.15, 0.2) is 95.9 Å². The number of hydrogen-bond acceptors (Lipinski definition) is 7. The van der Waals surface area contributed by atoms with Gasteiger partial charge >= 0.3 is 5.97 Å². The number of carbonyl (C=O) groups excluding carboxylic acids is 2. The molecule has 0 saturated carbocycles. The van der Waals surface area contributed by atoms with Crippen LogP contribution in [-0.4, -0.2) is 39.4 Å². The lowest BCUT2D eigenvalue weighted by molar-refractivity contribution is -0.143. The van der Waals surface area contributed by atoms with Crippen LogP contribution in [0.3, 0.4) is 0 Å². The van der Waals surface area contributed by atoms with Gasteiger partial charge in [0.15, 0.2) is 5.78 Å². The molecular weight excluding hydrogens is 526 g/mol. The fourth-order valence-electron chi connectivity index (χ4n) is 5.10. The normalized spacial score (nSPS) is 17.4. The Bertz CT molecular complexity index is 1750. The van der Waals surface area contributed by atoms with Gasteiger partial charge in [0, 0.05) is 0 Å². The Morgan fingerprint density at radius 3 is 2.52 bits per heavy atom. The van der Waals surface area contributed by atoms with Gasteiger partial charge in [-0.2, -0.15) is 5.26 Å². The van der Waals surface area contributed by atoms with Gasteiger partial charge in [-0.1, -0.05) is 66.7 Å². The molecule has 9 heteroatoms. The molecule has 2 N–H and O–H groups in total. The van der Waals surface area contributed by atoms with Crippen molar-refractivity contribution in [3.8, 4) is 6.07 Å². The van der Waals surface area contributed by atoms with Crippen LogP contribution in [-0.2, 0) is 37.2 Å². The molecule has 0 aromatic heterocycles. The number of carbonyl (C=O) groups is 2. The highest BCUT2D eigenvalue weighted by atomic mass is 32.2. The zero-order chi connectivity index (χ0) is 28.3. The highest BCUT2D eigenvalue weighted by Crippen LogP contribution is 2.29. The van der Waals surface area contributed by atoms with E-state index >= 15 is 0 Å². The van der Waals surface area contributed by atoms with Crippen molar-refractivity contribution in [1.29, 1.82) is 5.26 Å². The van der Waals surface area contributed by atoms with Crippen molar-refractivity contribution in [2.24, 2.45) is 0 Å². The summed E-state index contributed by atoms with van der Waals surface area (Å²) < 4.78 is 34.8.